The second-order valence-corrected chi connectivity index (χ2v) is 6.07. The van der Waals surface area contributed by atoms with Gasteiger partial charge < -0.3 is 15.0 Å². The number of halogens is 1. The van der Waals surface area contributed by atoms with Gasteiger partial charge in [0.1, 0.15) is 6.07 Å². The molecule has 1 aromatic carbocycles. The molecule has 2 aromatic rings. The van der Waals surface area contributed by atoms with Crippen molar-refractivity contribution in [3.05, 3.63) is 40.7 Å². The number of hydrogen-bond donors (Lipinski definition) is 1. The van der Waals surface area contributed by atoms with Crippen LogP contribution in [0.15, 0.2) is 29.3 Å². The van der Waals surface area contributed by atoms with Gasteiger partial charge in [-0.3, -0.25) is 0 Å². The zero-order valence-corrected chi connectivity index (χ0v) is 13.7. The summed E-state index contributed by atoms with van der Waals surface area (Å²) >= 11 is 7.68. The summed E-state index contributed by atoms with van der Waals surface area (Å²) in [4.78, 5) is 13.0. The number of esters is 1. The predicted molar refractivity (Wildman–Crippen MR) is 87.6 cm³/mol. The Morgan fingerprint density at radius 1 is 1.55 bits per heavy atom. The lowest BCUT2D eigenvalue weighted by Crippen LogP contribution is -2.11. The van der Waals surface area contributed by atoms with Crippen LogP contribution in [-0.2, 0) is 4.74 Å². The molecule has 114 valence electrons. The van der Waals surface area contributed by atoms with Gasteiger partial charge in [0, 0.05) is 16.1 Å². The standard InChI is InChI=1S/C15H14ClN3O2S/c1-3-22-12-5-4-10(16)6-11(12)19-8-9(7-17)13(18)14(19)15(20)21-2/h4-6,8H,3,18H2,1-2H3. The Morgan fingerprint density at radius 3 is 2.86 bits per heavy atom. The molecule has 1 heterocycles. The van der Waals surface area contributed by atoms with E-state index < -0.39 is 5.97 Å². The fourth-order valence-electron chi connectivity index (χ4n) is 2.06. The van der Waals surface area contributed by atoms with Crippen LogP contribution in [0.25, 0.3) is 5.69 Å². The number of methoxy groups -OCH3 is 1. The molecular weight excluding hydrogens is 322 g/mol. The van der Waals surface area contributed by atoms with Gasteiger partial charge in [-0.1, -0.05) is 18.5 Å². The molecule has 0 bridgehead atoms. The Hall–Kier alpha value is -2.10. The van der Waals surface area contributed by atoms with Crippen molar-refractivity contribution in [2.75, 3.05) is 18.6 Å². The van der Waals surface area contributed by atoms with Crippen molar-refractivity contribution < 1.29 is 9.53 Å². The van der Waals surface area contributed by atoms with Gasteiger partial charge in [-0.25, -0.2) is 4.79 Å². The van der Waals surface area contributed by atoms with E-state index in [4.69, 9.17) is 27.3 Å². The van der Waals surface area contributed by atoms with Crippen LogP contribution >= 0.6 is 23.4 Å². The van der Waals surface area contributed by atoms with E-state index in [0.29, 0.717) is 10.7 Å². The van der Waals surface area contributed by atoms with Crippen molar-refractivity contribution in [3.8, 4) is 11.8 Å². The summed E-state index contributed by atoms with van der Waals surface area (Å²) in [5, 5.41) is 9.68. The highest BCUT2D eigenvalue weighted by Crippen LogP contribution is 2.32. The molecule has 0 atom stereocenters. The molecule has 2 rings (SSSR count). The van der Waals surface area contributed by atoms with E-state index in [1.807, 2.05) is 19.1 Å². The van der Waals surface area contributed by atoms with E-state index in [1.54, 1.807) is 28.5 Å². The van der Waals surface area contributed by atoms with Gasteiger partial charge in [0.2, 0.25) is 0 Å². The fraction of sp³-hybridized carbons (Fsp3) is 0.200. The van der Waals surface area contributed by atoms with Crippen LogP contribution in [0.1, 0.15) is 23.0 Å². The number of thioether (sulfide) groups is 1. The molecule has 0 radical (unpaired) electrons. The van der Waals surface area contributed by atoms with E-state index in [1.165, 1.54) is 13.3 Å². The van der Waals surface area contributed by atoms with Gasteiger partial charge in [-0.2, -0.15) is 5.26 Å². The van der Waals surface area contributed by atoms with Gasteiger partial charge >= 0.3 is 5.97 Å². The van der Waals surface area contributed by atoms with Gasteiger partial charge in [-0.15, -0.1) is 11.8 Å². The SMILES string of the molecule is CCSc1ccc(Cl)cc1-n1cc(C#N)c(N)c1C(=O)OC. The Bertz CT molecular complexity index is 765. The number of anilines is 1. The highest BCUT2D eigenvalue weighted by molar-refractivity contribution is 7.99. The van der Waals surface area contributed by atoms with E-state index in [-0.39, 0.29) is 16.9 Å². The number of carbonyl (C=O) groups is 1. The number of ether oxygens (including phenoxy) is 1. The molecule has 5 nitrogen and oxygen atoms in total. The number of nitriles is 1. The first-order chi connectivity index (χ1) is 10.5. The molecule has 0 unspecified atom stereocenters. The minimum absolute atomic E-state index is 0.0989. The first-order valence-corrected chi connectivity index (χ1v) is 7.81. The van der Waals surface area contributed by atoms with Gasteiger partial charge in [0.05, 0.1) is 24.0 Å². The molecular formula is C15H14ClN3O2S. The van der Waals surface area contributed by atoms with Crippen molar-refractivity contribution >= 4 is 35.0 Å². The van der Waals surface area contributed by atoms with Crippen LogP contribution in [0.4, 0.5) is 5.69 Å². The Morgan fingerprint density at radius 2 is 2.27 bits per heavy atom. The van der Waals surface area contributed by atoms with Crippen molar-refractivity contribution in [1.82, 2.24) is 4.57 Å². The smallest absolute Gasteiger partial charge is 0.357 e. The molecule has 2 N–H and O–H groups in total. The fourth-order valence-corrected chi connectivity index (χ4v) is 3.01. The van der Waals surface area contributed by atoms with E-state index in [0.717, 1.165) is 10.6 Å². The number of nitrogens with zero attached hydrogens (tertiary/aromatic N) is 2. The normalized spacial score (nSPS) is 10.3. The third kappa shape index (κ3) is 2.91. The summed E-state index contributed by atoms with van der Waals surface area (Å²) < 4.78 is 6.34. The minimum Gasteiger partial charge on any atom is -0.464 e. The number of nitrogens with two attached hydrogens (primary N) is 1. The monoisotopic (exact) mass is 335 g/mol. The molecule has 7 heteroatoms. The highest BCUT2D eigenvalue weighted by atomic mass is 35.5. The zero-order valence-electron chi connectivity index (χ0n) is 12.1. The summed E-state index contributed by atoms with van der Waals surface area (Å²) in [6, 6.07) is 7.35. The Kier molecular flexibility index (Phi) is 5.01. The molecule has 0 saturated heterocycles. The van der Waals surface area contributed by atoms with Crippen molar-refractivity contribution in [1.29, 1.82) is 5.26 Å². The van der Waals surface area contributed by atoms with E-state index >= 15 is 0 Å². The number of rotatable bonds is 4. The van der Waals surface area contributed by atoms with Crippen LogP contribution in [0.3, 0.4) is 0 Å². The summed E-state index contributed by atoms with van der Waals surface area (Å²) in [5.74, 6) is 0.246. The van der Waals surface area contributed by atoms with Crippen molar-refractivity contribution in [2.24, 2.45) is 0 Å². The number of benzene rings is 1. The molecule has 0 aliphatic carbocycles. The molecule has 0 aliphatic rings. The third-order valence-corrected chi connectivity index (χ3v) is 4.20. The number of aromatic nitrogens is 1. The molecule has 0 spiro atoms. The highest BCUT2D eigenvalue weighted by Gasteiger charge is 2.23. The number of nitrogen functional groups attached to an aromatic ring is 1. The first kappa shape index (κ1) is 16.3. The van der Waals surface area contributed by atoms with Gasteiger partial charge in [0.25, 0.3) is 0 Å². The molecule has 0 saturated carbocycles. The maximum absolute atomic E-state index is 12.0. The molecule has 1 aromatic heterocycles. The Balaban J connectivity index is 2.75. The minimum atomic E-state index is -0.605. The summed E-state index contributed by atoms with van der Waals surface area (Å²) in [6.07, 6.45) is 1.52. The maximum Gasteiger partial charge on any atom is 0.357 e. The van der Waals surface area contributed by atoms with Crippen LogP contribution in [-0.4, -0.2) is 23.4 Å². The summed E-state index contributed by atoms with van der Waals surface area (Å²) in [6.45, 7) is 2.02. The summed E-state index contributed by atoms with van der Waals surface area (Å²) in [7, 11) is 1.27. The number of hydrogen-bond acceptors (Lipinski definition) is 5. The van der Waals surface area contributed by atoms with Crippen LogP contribution in [0.2, 0.25) is 5.02 Å². The molecule has 0 aliphatic heterocycles. The van der Waals surface area contributed by atoms with Crippen molar-refractivity contribution in [3.63, 3.8) is 0 Å². The van der Waals surface area contributed by atoms with Gasteiger partial charge in [-0.05, 0) is 24.0 Å². The Labute approximate surface area is 137 Å². The third-order valence-electron chi connectivity index (χ3n) is 3.02. The van der Waals surface area contributed by atoms with Crippen LogP contribution < -0.4 is 5.73 Å². The van der Waals surface area contributed by atoms with Gasteiger partial charge in [0.15, 0.2) is 5.69 Å². The number of carbonyl (C=O) groups excluding carboxylic acids is 1. The molecule has 22 heavy (non-hydrogen) atoms. The predicted octanol–water partition coefficient (Wildman–Crippen LogP) is 3.48. The average molecular weight is 336 g/mol. The second-order valence-electron chi connectivity index (χ2n) is 4.32. The average Bonchev–Trinajstić information content (AvgIpc) is 2.85. The molecule has 0 amide bonds. The van der Waals surface area contributed by atoms with E-state index in [2.05, 4.69) is 0 Å². The van der Waals surface area contributed by atoms with Crippen LogP contribution in [0, 0.1) is 11.3 Å². The lowest BCUT2D eigenvalue weighted by Gasteiger charge is -2.13. The first-order valence-electron chi connectivity index (χ1n) is 6.45. The topological polar surface area (TPSA) is 81.0 Å². The summed E-state index contributed by atoms with van der Waals surface area (Å²) in [5.41, 5.74) is 7.03. The lowest BCUT2D eigenvalue weighted by molar-refractivity contribution is 0.0593. The largest absolute Gasteiger partial charge is 0.464 e. The van der Waals surface area contributed by atoms with Crippen LogP contribution in [0.5, 0.6) is 0 Å². The second kappa shape index (κ2) is 6.77. The molecule has 0 fully saturated rings. The lowest BCUT2D eigenvalue weighted by atomic mass is 10.2. The zero-order chi connectivity index (χ0) is 16.3. The van der Waals surface area contributed by atoms with Crippen molar-refractivity contribution in [2.45, 2.75) is 11.8 Å². The maximum atomic E-state index is 12.0. The quantitative estimate of drug-likeness (QED) is 0.683. The van der Waals surface area contributed by atoms with E-state index in [9.17, 15) is 4.79 Å².